The van der Waals surface area contributed by atoms with E-state index in [-0.39, 0.29) is 5.37 Å². The molecule has 1 aliphatic heterocycles. The minimum atomic E-state index is -0.854. The fraction of sp³-hybridized carbons (Fsp3) is 0.158. The summed E-state index contributed by atoms with van der Waals surface area (Å²) in [5, 5.41) is 17.4. The number of aromatic nitrogens is 2. The maximum atomic E-state index is 11.3. The molecule has 0 aliphatic carbocycles. The molecule has 0 bridgehead atoms. The van der Waals surface area contributed by atoms with Crippen molar-refractivity contribution in [3.63, 3.8) is 0 Å². The number of hydrogen-bond donors (Lipinski definition) is 2. The van der Waals surface area contributed by atoms with E-state index in [1.165, 1.54) is 11.8 Å². The van der Waals surface area contributed by atoms with Gasteiger partial charge in [-0.15, -0.1) is 11.8 Å². The van der Waals surface area contributed by atoms with Crippen LogP contribution in [0, 0.1) is 0 Å². The zero-order valence-corrected chi connectivity index (χ0v) is 15.2. The van der Waals surface area contributed by atoms with E-state index >= 15 is 0 Å². The van der Waals surface area contributed by atoms with Crippen molar-refractivity contribution in [3.8, 4) is 16.9 Å². The van der Waals surface area contributed by atoms with Crippen LogP contribution < -0.4 is 5.32 Å². The highest BCUT2D eigenvalue weighted by molar-refractivity contribution is 7.99. The second-order valence-electron chi connectivity index (χ2n) is 5.94. The first-order chi connectivity index (χ1) is 12.6. The van der Waals surface area contributed by atoms with Crippen LogP contribution in [0.3, 0.4) is 0 Å². The minimum Gasteiger partial charge on any atom is -0.480 e. The lowest BCUT2D eigenvalue weighted by molar-refractivity contribution is -0.138. The van der Waals surface area contributed by atoms with E-state index in [2.05, 4.69) is 5.32 Å². The zero-order valence-electron chi connectivity index (χ0n) is 13.7. The summed E-state index contributed by atoms with van der Waals surface area (Å²) >= 11 is 8.25. The first-order valence-corrected chi connectivity index (χ1v) is 9.57. The van der Waals surface area contributed by atoms with Gasteiger partial charge in [-0.2, -0.15) is 5.10 Å². The Kier molecular flexibility index (Phi) is 4.72. The number of nitrogens with zero attached hydrogens (tertiary/aromatic N) is 2. The molecule has 2 aromatic carbocycles. The fourth-order valence-corrected chi connectivity index (χ4v) is 4.64. The summed E-state index contributed by atoms with van der Waals surface area (Å²) in [6, 6.07) is 18.9. The molecule has 26 heavy (non-hydrogen) atoms. The van der Waals surface area contributed by atoms with E-state index < -0.39 is 12.0 Å². The molecule has 5 nitrogen and oxygen atoms in total. The molecule has 1 saturated heterocycles. The molecular weight excluding hydrogens is 370 g/mol. The number of benzene rings is 2. The second-order valence-corrected chi connectivity index (χ2v) is 7.43. The first-order valence-electron chi connectivity index (χ1n) is 8.15. The van der Waals surface area contributed by atoms with Crippen molar-refractivity contribution in [1.29, 1.82) is 0 Å². The molecular formula is C19H16ClN3O2S. The van der Waals surface area contributed by atoms with E-state index in [0.29, 0.717) is 10.9 Å². The van der Waals surface area contributed by atoms with Gasteiger partial charge in [-0.05, 0) is 12.1 Å². The van der Waals surface area contributed by atoms with Crippen molar-refractivity contribution < 1.29 is 9.90 Å². The van der Waals surface area contributed by atoms with Gasteiger partial charge in [-0.25, -0.2) is 4.68 Å². The Morgan fingerprint density at radius 3 is 2.42 bits per heavy atom. The number of thioether (sulfide) groups is 1. The van der Waals surface area contributed by atoms with Crippen LogP contribution in [0.5, 0.6) is 0 Å². The molecule has 4 rings (SSSR count). The van der Waals surface area contributed by atoms with Crippen LogP contribution in [0.25, 0.3) is 16.9 Å². The van der Waals surface area contributed by atoms with Crippen molar-refractivity contribution in [2.45, 2.75) is 11.4 Å². The molecule has 0 amide bonds. The Balaban J connectivity index is 1.84. The molecule has 2 N–H and O–H groups in total. The Morgan fingerprint density at radius 1 is 1.15 bits per heavy atom. The highest BCUT2D eigenvalue weighted by Gasteiger charge is 2.35. The fourth-order valence-electron chi connectivity index (χ4n) is 2.97. The number of nitrogens with one attached hydrogen (secondary N) is 1. The summed E-state index contributed by atoms with van der Waals surface area (Å²) in [5.74, 6) is -0.367. The Bertz CT molecular complexity index is 931. The average molecular weight is 386 g/mol. The number of carbonyl (C=O) groups is 1. The van der Waals surface area contributed by atoms with Gasteiger partial charge in [0.15, 0.2) is 0 Å². The second kappa shape index (κ2) is 7.15. The van der Waals surface area contributed by atoms with Crippen LogP contribution in [0.4, 0.5) is 0 Å². The third-order valence-electron chi connectivity index (χ3n) is 4.25. The van der Waals surface area contributed by atoms with Gasteiger partial charge in [0.1, 0.15) is 11.2 Å². The Labute approximate surface area is 160 Å². The third kappa shape index (κ3) is 3.11. The Hall–Kier alpha value is -2.28. The van der Waals surface area contributed by atoms with Crippen LogP contribution in [0.2, 0.25) is 5.15 Å². The van der Waals surface area contributed by atoms with E-state index in [9.17, 15) is 9.90 Å². The maximum absolute atomic E-state index is 11.3. The summed E-state index contributed by atoms with van der Waals surface area (Å²) in [6.07, 6.45) is 0. The van der Waals surface area contributed by atoms with Gasteiger partial charge in [0.2, 0.25) is 0 Å². The summed E-state index contributed by atoms with van der Waals surface area (Å²) in [4.78, 5) is 11.3. The largest absolute Gasteiger partial charge is 0.480 e. The van der Waals surface area contributed by atoms with Crippen LogP contribution in [0.1, 0.15) is 10.9 Å². The minimum absolute atomic E-state index is 0.226. The molecule has 132 valence electrons. The van der Waals surface area contributed by atoms with Crippen molar-refractivity contribution in [2.75, 3.05) is 5.75 Å². The Morgan fingerprint density at radius 2 is 1.81 bits per heavy atom. The lowest BCUT2D eigenvalue weighted by Crippen LogP contribution is -2.33. The van der Waals surface area contributed by atoms with Gasteiger partial charge in [0, 0.05) is 16.9 Å². The summed E-state index contributed by atoms with van der Waals surface area (Å²) in [6.45, 7) is 0. The smallest absolute Gasteiger partial charge is 0.321 e. The molecule has 1 aromatic heterocycles. The average Bonchev–Trinajstić information content (AvgIpc) is 3.28. The van der Waals surface area contributed by atoms with Gasteiger partial charge in [-0.1, -0.05) is 60.1 Å². The molecule has 0 unspecified atom stereocenters. The van der Waals surface area contributed by atoms with Crippen LogP contribution in [-0.4, -0.2) is 32.7 Å². The third-order valence-corrected chi connectivity index (χ3v) is 5.85. The van der Waals surface area contributed by atoms with Gasteiger partial charge < -0.3 is 5.11 Å². The molecule has 1 aliphatic rings. The first kappa shape index (κ1) is 17.1. The molecule has 1 fully saturated rings. The van der Waals surface area contributed by atoms with Crippen LogP contribution >= 0.6 is 23.4 Å². The zero-order chi connectivity index (χ0) is 18.1. The predicted molar refractivity (Wildman–Crippen MR) is 104 cm³/mol. The lowest BCUT2D eigenvalue weighted by atomic mass is 10.1. The van der Waals surface area contributed by atoms with Crippen molar-refractivity contribution >= 4 is 29.3 Å². The van der Waals surface area contributed by atoms with Crippen molar-refractivity contribution in [1.82, 2.24) is 15.1 Å². The van der Waals surface area contributed by atoms with E-state index in [1.54, 1.807) is 4.68 Å². The number of carboxylic acids is 1. The van der Waals surface area contributed by atoms with Gasteiger partial charge >= 0.3 is 5.97 Å². The van der Waals surface area contributed by atoms with Crippen molar-refractivity contribution in [2.24, 2.45) is 0 Å². The highest BCUT2D eigenvalue weighted by atomic mass is 35.5. The quantitative estimate of drug-likeness (QED) is 0.711. The molecule has 2 heterocycles. The van der Waals surface area contributed by atoms with Crippen molar-refractivity contribution in [3.05, 3.63) is 71.4 Å². The van der Waals surface area contributed by atoms with Gasteiger partial charge in [0.25, 0.3) is 0 Å². The molecule has 0 spiro atoms. The van der Waals surface area contributed by atoms with Crippen LogP contribution in [-0.2, 0) is 4.79 Å². The van der Waals surface area contributed by atoms with E-state index in [4.69, 9.17) is 16.7 Å². The lowest BCUT2D eigenvalue weighted by Gasteiger charge is -2.12. The van der Waals surface area contributed by atoms with Gasteiger partial charge in [-0.3, -0.25) is 10.1 Å². The number of aliphatic carboxylic acids is 1. The molecule has 0 saturated carbocycles. The number of para-hydroxylation sites is 1. The highest BCUT2D eigenvalue weighted by Crippen LogP contribution is 2.42. The van der Waals surface area contributed by atoms with E-state index in [1.807, 2.05) is 60.7 Å². The molecule has 3 aromatic rings. The topological polar surface area (TPSA) is 67.1 Å². The number of carboxylic acid groups (broad SMARTS) is 1. The van der Waals surface area contributed by atoms with Crippen LogP contribution in [0.15, 0.2) is 60.7 Å². The van der Waals surface area contributed by atoms with Gasteiger partial charge in [0.05, 0.1) is 16.8 Å². The number of rotatable bonds is 4. The maximum Gasteiger partial charge on any atom is 0.321 e. The molecule has 7 heteroatoms. The molecule has 0 radical (unpaired) electrons. The van der Waals surface area contributed by atoms with E-state index in [0.717, 1.165) is 22.5 Å². The SMILES string of the molecule is O=C(O)[C@@H]1CS[C@H](c2c(-c3ccccc3)nn(-c3ccccc3)c2Cl)N1. The predicted octanol–water partition coefficient (Wildman–Crippen LogP) is 3.98. The molecule has 2 atom stereocenters. The standard InChI is InChI=1S/C19H16ClN3O2S/c20-17-15(18-21-14(11-26-18)19(24)25)16(12-7-3-1-4-8-12)22-23(17)13-9-5-2-6-10-13/h1-10,14,18,21H,11H2,(H,24,25)/t14-,18+/m0/s1. The summed E-state index contributed by atoms with van der Waals surface area (Å²) in [5.41, 5.74) is 3.38. The summed E-state index contributed by atoms with van der Waals surface area (Å²) in [7, 11) is 0. The number of halogens is 1. The monoisotopic (exact) mass is 385 g/mol. The number of hydrogen-bond acceptors (Lipinski definition) is 4. The summed E-state index contributed by atoms with van der Waals surface area (Å²) < 4.78 is 1.70. The normalized spacial score (nSPS) is 19.6.